The van der Waals surface area contributed by atoms with Gasteiger partial charge in [-0.15, -0.1) is 0 Å². The number of hydrogen-bond acceptors (Lipinski definition) is 6. The van der Waals surface area contributed by atoms with E-state index in [0.717, 1.165) is 28.8 Å². The minimum absolute atomic E-state index is 0.129. The number of para-hydroxylation sites is 2. The van der Waals surface area contributed by atoms with E-state index in [1.54, 1.807) is 4.68 Å². The third kappa shape index (κ3) is 4.37. The van der Waals surface area contributed by atoms with E-state index in [2.05, 4.69) is 5.32 Å². The van der Waals surface area contributed by atoms with Crippen LogP contribution in [0.3, 0.4) is 0 Å². The smallest absolute Gasteiger partial charge is 0.310 e. The first-order valence-corrected chi connectivity index (χ1v) is 11.6. The van der Waals surface area contributed by atoms with Crippen molar-refractivity contribution < 1.29 is 13.3 Å². The normalized spacial score (nSPS) is 11.3. The lowest BCUT2D eigenvalue weighted by molar-refractivity contribution is -0.386. The second kappa shape index (κ2) is 8.64. The van der Waals surface area contributed by atoms with Crippen LogP contribution in [0.25, 0.3) is 16.9 Å². The number of sulfone groups is 1. The molecule has 0 aliphatic rings. The predicted octanol–water partition coefficient (Wildman–Crippen LogP) is 4.46. The number of hydrogen-bond donors (Lipinski definition) is 1. The predicted molar refractivity (Wildman–Crippen MR) is 123 cm³/mol. The van der Waals surface area contributed by atoms with Crippen LogP contribution in [0.15, 0.2) is 90.0 Å². The van der Waals surface area contributed by atoms with Crippen molar-refractivity contribution in [1.29, 1.82) is 0 Å². The number of nitro groups is 1. The molecule has 8 nitrogen and oxygen atoms in total. The lowest BCUT2D eigenvalue weighted by atomic mass is 10.1. The molecule has 3 aromatic carbocycles. The fraction of sp³-hybridized carbons (Fsp3) is 0.0870. The van der Waals surface area contributed by atoms with E-state index in [9.17, 15) is 18.5 Å². The molecular weight excluding hydrogens is 428 g/mol. The molecule has 0 fully saturated rings. The molecule has 0 atom stereocenters. The second-order valence-electron chi connectivity index (χ2n) is 7.18. The van der Waals surface area contributed by atoms with Crippen molar-refractivity contribution in [2.75, 3.05) is 11.6 Å². The lowest BCUT2D eigenvalue weighted by Crippen LogP contribution is -2.08. The van der Waals surface area contributed by atoms with Gasteiger partial charge in [0, 0.05) is 30.1 Å². The zero-order valence-electron chi connectivity index (χ0n) is 17.2. The van der Waals surface area contributed by atoms with E-state index >= 15 is 0 Å². The summed E-state index contributed by atoms with van der Waals surface area (Å²) in [4.78, 5) is 10.7. The van der Waals surface area contributed by atoms with E-state index in [4.69, 9.17) is 5.10 Å². The summed E-state index contributed by atoms with van der Waals surface area (Å²) in [7, 11) is -3.77. The summed E-state index contributed by atoms with van der Waals surface area (Å²) in [6.07, 6.45) is 2.81. The fourth-order valence-corrected chi connectivity index (χ4v) is 4.30. The third-order valence-corrected chi connectivity index (χ3v) is 6.04. The van der Waals surface area contributed by atoms with Crippen molar-refractivity contribution >= 4 is 21.2 Å². The van der Waals surface area contributed by atoms with E-state index in [0.29, 0.717) is 0 Å². The van der Waals surface area contributed by atoms with Crippen LogP contribution in [0.5, 0.6) is 0 Å². The van der Waals surface area contributed by atoms with Gasteiger partial charge in [-0.3, -0.25) is 10.1 Å². The lowest BCUT2D eigenvalue weighted by Gasteiger charge is -2.09. The van der Waals surface area contributed by atoms with Crippen molar-refractivity contribution in [2.45, 2.75) is 11.4 Å². The van der Waals surface area contributed by atoms with Gasteiger partial charge < -0.3 is 5.32 Å². The molecule has 0 saturated carbocycles. The molecule has 0 bridgehead atoms. The van der Waals surface area contributed by atoms with Crippen LogP contribution in [-0.2, 0) is 16.4 Å². The number of benzene rings is 3. The summed E-state index contributed by atoms with van der Waals surface area (Å²) in [5.41, 5.74) is 2.97. The molecule has 0 spiro atoms. The van der Waals surface area contributed by atoms with Gasteiger partial charge in [0.25, 0.3) is 0 Å². The van der Waals surface area contributed by atoms with Crippen molar-refractivity contribution in [3.05, 3.63) is 101 Å². The maximum Gasteiger partial charge on any atom is 0.310 e. The van der Waals surface area contributed by atoms with Crippen LogP contribution in [0.1, 0.15) is 5.56 Å². The first kappa shape index (κ1) is 21.3. The highest BCUT2D eigenvalue weighted by molar-refractivity contribution is 7.90. The number of nitrogens with zero attached hydrogens (tertiary/aromatic N) is 3. The Hall–Kier alpha value is -3.98. The number of rotatable bonds is 7. The maximum absolute atomic E-state index is 12.0. The second-order valence-corrected chi connectivity index (χ2v) is 9.17. The Morgan fingerprint density at radius 3 is 2.25 bits per heavy atom. The molecule has 0 aliphatic carbocycles. The first-order valence-electron chi connectivity index (χ1n) is 9.75. The van der Waals surface area contributed by atoms with Gasteiger partial charge in [-0.05, 0) is 24.3 Å². The molecule has 0 radical (unpaired) electrons. The summed E-state index contributed by atoms with van der Waals surface area (Å²) < 4.78 is 25.8. The average molecular weight is 449 g/mol. The van der Waals surface area contributed by atoms with Crippen LogP contribution in [0.2, 0.25) is 0 Å². The van der Waals surface area contributed by atoms with Crippen LogP contribution in [0, 0.1) is 10.1 Å². The summed E-state index contributed by atoms with van der Waals surface area (Å²) in [6.45, 7) is 0.213. The monoisotopic (exact) mass is 448 g/mol. The van der Waals surface area contributed by atoms with Crippen LogP contribution < -0.4 is 5.32 Å². The average Bonchev–Trinajstić information content (AvgIpc) is 3.22. The highest BCUT2D eigenvalue weighted by Gasteiger charge is 2.26. The van der Waals surface area contributed by atoms with Crippen molar-refractivity contribution in [2.24, 2.45) is 0 Å². The van der Waals surface area contributed by atoms with Gasteiger partial charge >= 0.3 is 5.69 Å². The Kier molecular flexibility index (Phi) is 5.74. The van der Waals surface area contributed by atoms with E-state index < -0.39 is 20.4 Å². The Labute approximate surface area is 185 Å². The maximum atomic E-state index is 12.0. The highest BCUT2D eigenvalue weighted by Crippen LogP contribution is 2.33. The highest BCUT2D eigenvalue weighted by atomic mass is 32.2. The summed E-state index contributed by atoms with van der Waals surface area (Å²) in [5, 5.41) is 19.4. The van der Waals surface area contributed by atoms with Crippen molar-refractivity contribution in [3.8, 4) is 16.9 Å². The number of nitrogens with one attached hydrogen (secondary N) is 1. The van der Waals surface area contributed by atoms with Gasteiger partial charge in [-0.25, -0.2) is 13.1 Å². The van der Waals surface area contributed by atoms with Crippen molar-refractivity contribution in [3.63, 3.8) is 0 Å². The van der Waals surface area contributed by atoms with Gasteiger partial charge in [0.2, 0.25) is 0 Å². The van der Waals surface area contributed by atoms with E-state index in [1.807, 2.05) is 66.9 Å². The van der Waals surface area contributed by atoms with E-state index in [-0.39, 0.29) is 17.1 Å². The standard InChI is InChI=1S/C23H20N4O4S/c1-32(30,31)21-14-8-13-20(23(21)27(28)29)24-15-18-16-26(19-11-6-3-7-12-19)25-22(18)17-9-4-2-5-10-17/h2-14,16,24H,15H2,1H3. The minimum atomic E-state index is -3.77. The molecule has 32 heavy (non-hydrogen) atoms. The van der Waals surface area contributed by atoms with Gasteiger partial charge in [0.1, 0.15) is 10.6 Å². The zero-order valence-corrected chi connectivity index (χ0v) is 18.0. The molecule has 9 heteroatoms. The number of aromatic nitrogens is 2. The molecule has 4 aromatic rings. The Balaban J connectivity index is 1.74. The topological polar surface area (TPSA) is 107 Å². The van der Waals surface area contributed by atoms with Crippen LogP contribution >= 0.6 is 0 Å². The van der Waals surface area contributed by atoms with Gasteiger partial charge in [0.05, 0.1) is 16.3 Å². The number of anilines is 1. The third-order valence-electron chi connectivity index (χ3n) is 4.91. The summed E-state index contributed by atoms with van der Waals surface area (Å²) in [5.74, 6) is 0. The van der Waals surface area contributed by atoms with Crippen LogP contribution in [-0.4, -0.2) is 29.4 Å². The zero-order chi connectivity index (χ0) is 22.7. The van der Waals surface area contributed by atoms with E-state index in [1.165, 1.54) is 18.2 Å². The molecule has 162 valence electrons. The largest absolute Gasteiger partial charge is 0.375 e. The molecule has 0 amide bonds. The molecule has 1 N–H and O–H groups in total. The fourth-order valence-electron chi connectivity index (χ4n) is 3.43. The van der Waals surface area contributed by atoms with Gasteiger partial charge in [-0.1, -0.05) is 54.6 Å². The molecule has 1 heterocycles. The molecular formula is C23H20N4O4S. The quantitative estimate of drug-likeness (QED) is 0.330. The number of nitro benzene ring substituents is 1. The summed E-state index contributed by atoms with van der Waals surface area (Å²) >= 11 is 0. The Morgan fingerprint density at radius 1 is 0.969 bits per heavy atom. The SMILES string of the molecule is CS(=O)(=O)c1cccc(NCc2cn(-c3ccccc3)nc2-c2ccccc2)c1[N+](=O)[O-]. The minimum Gasteiger partial charge on any atom is -0.375 e. The molecule has 0 unspecified atom stereocenters. The molecule has 0 aliphatic heterocycles. The van der Waals surface area contributed by atoms with Gasteiger partial charge in [-0.2, -0.15) is 5.10 Å². The Morgan fingerprint density at radius 2 is 1.62 bits per heavy atom. The Bertz CT molecular complexity index is 1370. The molecule has 1 aromatic heterocycles. The first-order chi connectivity index (χ1) is 15.3. The summed E-state index contributed by atoms with van der Waals surface area (Å²) in [6, 6.07) is 23.4. The van der Waals surface area contributed by atoms with Gasteiger partial charge in [0.15, 0.2) is 9.84 Å². The molecule has 4 rings (SSSR count). The van der Waals surface area contributed by atoms with Crippen molar-refractivity contribution in [1.82, 2.24) is 9.78 Å². The van der Waals surface area contributed by atoms with Crippen LogP contribution in [0.4, 0.5) is 11.4 Å². The molecule has 0 saturated heterocycles.